The zero-order valence-electron chi connectivity index (χ0n) is 13.8. The van der Waals surface area contributed by atoms with Crippen molar-refractivity contribution in [1.82, 2.24) is 4.98 Å². The number of hydrogen-bond donors (Lipinski definition) is 1. The molecule has 0 unspecified atom stereocenters. The number of ether oxygens (including phenoxy) is 1. The summed E-state index contributed by atoms with van der Waals surface area (Å²) in [7, 11) is 1.56. The highest BCUT2D eigenvalue weighted by Crippen LogP contribution is 2.47. The van der Waals surface area contributed by atoms with Crippen molar-refractivity contribution in [3.63, 3.8) is 0 Å². The Bertz CT molecular complexity index is 660. The van der Waals surface area contributed by atoms with Gasteiger partial charge in [0, 0.05) is 11.8 Å². The van der Waals surface area contributed by atoms with Crippen LogP contribution in [0.2, 0.25) is 0 Å². The number of pyridine rings is 1. The smallest absolute Gasteiger partial charge is 0.318 e. The van der Waals surface area contributed by atoms with Crippen molar-refractivity contribution in [3.05, 3.63) is 46.7 Å². The zero-order chi connectivity index (χ0) is 16.5. The Kier molecular flexibility index (Phi) is 4.40. The van der Waals surface area contributed by atoms with Gasteiger partial charge in [-0.05, 0) is 44.2 Å². The second kappa shape index (κ2) is 5.95. The molecule has 1 N–H and O–H groups in total. The third-order valence-corrected chi connectivity index (χ3v) is 4.47. The number of aliphatic carboxylic acids is 1. The molecule has 4 heteroatoms. The van der Waals surface area contributed by atoms with E-state index in [1.54, 1.807) is 13.2 Å². The molecule has 0 saturated carbocycles. The number of aryl methyl sites for hydroxylation is 1. The molecule has 2 rings (SSSR count). The molecule has 1 aliphatic rings. The Labute approximate surface area is 131 Å². The number of allylic oxidation sites excluding steroid dienone is 3. The van der Waals surface area contributed by atoms with Gasteiger partial charge < -0.3 is 9.84 Å². The van der Waals surface area contributed by atoms with E-state index in [9.17, 15) is 9.90 Å². The molecule has 4 nitrogen and oxygen atoms in total. The molecule has 1 aromatic heterocycles. The Hall–Kier alpha value is -2.10. The first kappa shape index (κ1) is 16.3. The van der Waals surface area contributed by atoms with Crippen LogP contribution >= 0.6 is 0 Å². The number of aromatic nitrogens is 1. The van der Waals surface area contributed by atoms with Crippen molar-refractivity contribution in [2.24, 2.45) is 5.92 Å². The maximum absolute atomic E-state index is 12.3. The minimum Gasteiger partial charge on any atom is -0.481 e. The van der Waals surface area contributed by atoms with Crippen LogP contribution in [-0.4, -0.2) is 23.2 Å². The van der Waals surface area contributed by atoms with Gasteiger partial charge in [-0.15, -0.1) is 0 Å². The predicted molar refractivity (Wildman–Crippen MR) is 86.1 cm³/mol. The molecule has 0 saturated heterocycles. The molecule has 1 heterocycles. The van der Waals surface area contributed by atoms with E-state index in [0.29, 0.717) is 18.0 Å². The lowest BCUT2D eigenvalue weighted by atomic mass is 9.63. The van der Waals surface area contributed by atoms with Gasteiger partial charge >= 0.3 is 5.97 Å². The highest BCUT2D eigenvalue weighted by molar-refractivity contribution is 5.87. The van der Waals surface area contributed by atoms with E-state index in [1.165, 1.54) is 0 Å². The fraction of sp³-hybridized carbons (Fsp3) is 0.444. The number of hydrogen-bond acceptors (Lipinski definition) is 3. The summed E-state index contributed by atoms with van der Waals surface area (Å²) in [6, 6.07) is 3.57. The first-order valence-electron chi connectivity index (χ1n) is 7.46. The summed E-state index contributed by atoms with van der Waals surface area (Å²) >= 11 is 0. The van der Waals surface area contributed by atoms with Gasteiger partial charge in [-0.2, -0.15) is 0 Å². The summed E-state index contributed by atoms with van der Waals surface area (Å²) in [5, 5.41) is 10.1. The van der Waals surface area contributed by atoms with Crippen LogP contribution in [0.1, 0.15) is 38.4 Å². The van der Waals surface area contributed by atoms with Crippen molar-refractivity contribution < 1.29 is 14.6 Å². The fourth-order valence-electron chi connectivity index (χ4n) is 3.66. The Morgan fingerprint density at radius 2 is 2.14 bits per heavy atom. The van der Waals surface area contributed by atoms with Crippen LogP contribution in [0.3, 0.4) is 0 Å². The quantitative estimate of drug-likeness (QED) is 0.866. The van der Waals surface area contributed by atoms with Crippen molar-refractivity contribution >= 4 is 5.97 Å². The minimum absolute atomic E-state index is 0.0938. The maximum Gasteiger partial charge on any atom is 0.318 e. The summed E-state index contributed by atoms with van der Waals surface area (Å²) in [4.78, 5) is 16.7. The Morgan fingerprint density at radius 3 is 2.64 bits per heavy atom. The first-order valence-corrected chi connectivity index (χ1v) is 7.46. The number of rotatable bonds is 3. The molecule has 0 bridgehead atoms. The van der Waals surface area contributed by atoms with Gasteiger partial charge in [0.1, 0.15) is 5.41 Å². The fourth-order valence-corrected chi connectivity index (χ4v) is 3.66. The van der Waals surface area contributed by atoms with Crippen molar-refractivity contribution in [2.45, 2.75) is 39.5 Å². The molecule has 0 radical (unpaired) electrons. The van der Waals surface area contributed by atoms with Gasteiger partial charge in [0.05, 0.1) is 7.11 Å². The highest BCUT2D eigenvalue weighted by Gasteiger charge is 2.48. The topological polar surface area (TPSA) is 59.4 Å². The van der Waals surface area contributed by atoms with Crippen LogP contribution in [0, 0.1) is 12.8 Å². The predicted octanol–water partition coefficient (Wildman–Crippen LogP) is 3.65. The Morgan fingerprint density at radius 1 is 1.45 bits per heavy atom. The SMILES string of the molecule is C/C=C1\[C@H](C)C=C(C)C[C@]1(C(=O)O)c1ccc(OC)nc1C. The molecule has 0 aliphatic heterocycles. The van der Waals surface area contributed by atoms with E-state index >= 15 is 0 Å². The third-order valence-electron chi connectivity index (χ3n) is 4.47. The van der Waals surface area contributed by atoms with Crippen LogP contribution in [0.15, 0.2) is 35.4 Å². The van der Waals surface area contributed by atoms with E-state index < -0.39 is 11.4 Å². The molecule has 0 aromatic carbocycles. The lowest BCUT2D eigenvalue weighted by Gasteiger charge is -2.39. The van der Waals surface area contributed by atoms with E-state index in [0.717, 1.165) is 16.7 Å². The second-order valence-corrected chi connectivity index (χ2v) is 5.92. The minimum atomic E-state index is -1.05. The largest absolute Gasteiger partial charge is 0.481 e. The summed E-state index contributed by atoms with van der Waals surface area (Å²) in [5.41, 5.74) is 2.41. The van der Waals surface area contributed by atoms with Crippen molar-refractivity contribution in [2.75, 3.05) is 7.11 Å². The van der Waals surface area contributed by atoms with Gasteiger partial charge in [0.15, 0.2) is 0 Å². The van der Waals surface area contributed by atoms with Gasteiger partial charge in [-0.25, -0.2) is 4.98 Å². The number of nitrogens with zero attached hydrogens (tertiary/aromatic N) is 1. The third kappa shape index (κ3) is 2.43. The van der Waals surface area contributed by atoms with E-state index in [4.69, 9.17) is 4.74 Å². The zero-order valence-corrected chi connectivity index (χ0v) is 13.8. The van der Waals surface area contributed by atoms with Gasteiger partial charge in [-0.1, -0.05) is 30.7 Å². The normalized spacial score (nSPS) is 26.7. The molecule has 0 spiro atoms. The number of carboxylic acids is 1. The summed E-state index contributed by atoms with van der Waals surface area (Å²) < 4.78 is 5.14. The number of methoxy groups -OCH3 is 1. The molecule has 2 atom stereocenters. The average molecular weight is 301 g/mol. The average Bonchev–Trinajstić information content (AvgIpc) is 2.45. The molecule has 118 valence electrons. The Balaban J connectivity index is 2.73. The van der Waals surface area contributed by atoms with Crippen molar-refractivity contribution in [3.8, 4) is 5.88 Å². The molecule has 0 amide bonds. The van der Waals surface area contributed by atoms with Crippen LogP contribution in [0.5, 0.6) is 5.88 Å². The van der Waals surface area contributed by atoms with E-state index in [2.05, 4.69) is 11.1 Å². The van der Waals surface area contributed by atoms with Gasteiger partial charge in [0.2, 0.25) is 5.88 Å². The standard InChI is InChI=1S/C18H23NO3/c1-6-14-12(3)9-11(2)10-18(14,17(20)21)15-7-8-16(22-5)19-13(15)4/h6-9,12H,10H2,1-5H3,(H,20,21)/b14-6+/t12-,18-/m1/s1. The van der Waals surface area contributed by atoms with Crippen molar-refractivity contribution in [1.29, 1.82) is 0 Å². The van der Waals surface area contributed by atoms with E-state index in [1.807, 2.05) is 39.8 Å². The lowest BCUT2D eigenvalue weighted by Crippen LogP contribution is -2.42. The molecule has 1 aromatic rings. The molecule has 22 heavy (non-hydrogen) atoms. The summed E-state index contributed by atoms with van der Waals surface area (Å²) in [6.07, 6.45) is 4.55. The molecule has 0 fully saturated rings. The number of carbonyl (C=O) groups is 1. The van der Waals surface area contributed by atoms with Crippen LogP contribution < -0.4 is 4.74 Å². The molecular formula is C18H23NO3. The second-order valence-electron chi connectivity index (χ2n) is 5.92. The number of carboxylic acid groups (broad SMARTS) is 1. The summed E-state index contributed by atoms with van der Waals surface area (Å²) in [6.45, 7) is 7.79. The monoisotopic (exact) mass is 301 g/mol. The summed E-state index contributed by atoms with van der Waals surface area (Å²) in [5.74, 6) is -0.230. The van der Waals surface area contributed by atoms with Crippen LogP contribution in [-0.2, 0) is 10.2 Å². The highest BCUT2D eigenvalue weighted by atomic mass is 16.5. The maximum atomic E-state index is 12.3. The van der Waals surface area contributed by atoms with Crippen LogP contribution in [0.25, 0.3) is 0 Å². The molecular weight excluding hydrogens is 278 g/mol. The molecule has 1 aliphatic carbocycles. The van der Waals surface area contributed by atoms with Crippen LogP contribution in [0.4, 0.5) is 0 Å². The van der Waals surface area contributed by atoms with Gasteiger partial charge in [0.25, 0.3) is 0 Å². The van der Waals surface area contributed by atoms with Gasteiger partial charge in [-0.3, -0.25) is 4.79 Å². The van der Waals surface area contributed by atoms with E-state index in [-0.39, 0.29) is 5.92 Å². The lowest BCUT2D eigenvalue weighted by molar-refractivity contribution is -0.142. The first-order chi connectivity index (χ1) is 10.4.